The van der Waals surface area contributed by atoms with Crippen LogP contribution in [0.3, 0.4) is 0 Å². The van der Waals surface area contributed by atoms with Crippen LogP contribution in [0.4, 0.5) is 0 Å². The molecule has 1 unspecified atom stereocenters. The van der Waals surface area contributed by atoms with Crippen molar-refractivity contribution >= 4 is 5.91 Å². The smallest absolute Gasteiger partial charge is 0.220 e. The quantitative estimate of drug-likeness (QED) is 0.602. The maximum atomic E-state index is 12.0. The van der Waals surface area contributed by atoms with Crippen molar-refractivity contribution in [2.75, 3.05) is 6.54 Å². The fraction of sp³-hybridized carbons (Fsp3) is 0.938. The van der Waals surface area contributed by atoms with Crippen LogP contribution in [-0.2, 0) is 4.79 Å². The molecule has 0 heterocycles. The summed E-state index contributed by atoms with van der Waals surface area (Å²) in [6, 6.07) is 0.370. The van der Waals surface area contributed by atoms with E-state index in [9.17, 15) is 4.79 Å². The SMILES string of the molecule is CCCCC(CCC)NC(=O)CCC(C)(C)CCN. The van der Waals surface area contributed by atoms with Crippen LogP contribution >= 0.6 is 0 Å². The molecule has 19 heavy (non-hydrogen) atoms. The molecule has 0 saturated carbocycles. The van der Waals surface area contributed by atoms with Crippen LogP contribution in [0.15, 0.2) is 0 Å². The van der Waals surface area contributed by atoms with Crippen LogP contribution in [0.5, 0.6) is 0 Å². The van der Waals surface area contributed by atoms with Gasteiger partial charge in [0.15, 0.2) is 0 Å². The summed E-state index contributed by atoms with van der Waals surface area (Å²) in [6.07, 6.45) is 8.26. The van der Waals surface area contributed by atoms with Crippen molar-refractivity contribution in [2.24, 2.45) is 11.1 Å². The van der Waals surface area contributed by atoms with E-state index >= 15 is 0 Å². The predicted molar refractivity (Wildman–Crippen MR) is 83.1 cm³/mol. The fourth-order valence-corrected chi connectivity index (χ4v) is 2.36. The van der Waals surface area contributed by atoms with E-state index in [0.717, 1.165) is 32.1 Å². The number of hydrogen-bond acceptors (Lipinski definition) is 2. The van der Waals surface area contributed by atoms with Gasteiger partial charge in [-0.3, -0.25) is 4.79 Å². The van der Waals surface area contributed by atoms with Gasteiger partial charge < -0.3 is 11.1 Å². The summed E-state index contributed by atoms with van der Waals surface area (Å²) in [7, 11) is 0. The first-order chi connectivity index (χ1) is 8.95. The van der Waals surface area contributed by atoms with E-state index in [4.69, 9.17) is 5.73 Å². The van der Waals surface area contributed by atoms with Gasteiger partial charge in [0.25, 0.3) is 0 Å². The highest BCUT2D eigenvalue weighted by Gasteiger charge is 2.19. The Morgan fingerprint density at radius 1 is 1.16 bits per heavy atom. The first-order valence-corrected chi connectivity index (χ1v) is 7.94. The molecule has 0 aromatic rings. The molecular formula is C16H34N2O. The standard InChI is InChI=1S/C16H34N2O/c1-5-7-9-14(8-6-2)18-15(19)10-11-16(3,4)12-13-17/h14H,5-13,17H2,1-4H3,(H,18,19). The van der Waals surface area contributed by atoms with Crippen molar-refractivity contribution in [1.82, 2.24) is 5.32 Å². The third kappa shape index (κ3) is 9.94. The number of unbranched alkanes of at least 4 members (excludes halogenated alkanes) is 1. The zero-order valence-corrected chi connectivity index (χ0v) is 13.4. The van der Waals surface area contributed by atoms with Crippen LogP contribution in [0.1, 0.15) is 79.1 Å². The average molecular weight is 270 g/mol. The van der Waals surface area contributed by atoms with E-state index in [1.54, 1.807) is 0 Å². The molecule has 3 N–H and O–H groups in total. The summed E-state index contributed by atoms with van der Waals surface area (Å²) in [5.41, 5.74) is 5.77. The van der Waals surface area contributed by atoms with Gasteiger partial charge in [0.05, 0.1) is 0 Å². The van der Waals surface area contributed by atoms with Crippen molar-refractivity contribution < 1.29 is 4.79 Å². The van der Waals surface area contributed by atoms with Gasteiger partial charge in [-0.2, -0.15) is 0 Å². The lowest BCUT2D eigenvalue weighted by Crippen LogP contribution is -2.35. The monoisotopic (exact) mass is 270 g/mol. The number of hydrogen-bond donors (Lipinski definition) is 2. The van der Waals surface area contributed by atoms with Gasteiger partial charge in [-0.1, -0.05) is 47.0 Å². The molecule has 0 aromatic carbocycles. The molecule has 3 nitrogen and oxygen atoms in total. The summed E-state index contributed by atoms with van der Waals surface area (Å²) in [5, 5.41) is 3.20. The number of nitrogens with two attached hydrogens (primary N) is 1. The lowest BCUT2D eigenvalue weighted by atomic mass is 9.84. The fourth-order valence-electron chi connectivity index (χ4n) is 2.36. The molecular weight excluding hydrogens is 236 g/mol. The van der Waals surface area contributed by atoms with Gasteiger partial charge in [-0.25, -0.2) is 0 Å². The van der Waals surface area contributed by atoms with E-state index in [1.807, 2.05) is 0 Å². The first-order valence-electron chi connectivity index (χ1n) is 7.94. The number of carbonyl (C=O) groups is 1. The molecule has 0 aliphatic heterocycles. The second-order valence-electron chi connectivity index (χ2n) is 6.40. The molecule has 114 valence electrons. The highest BCUT2D eigenvalue weighted by Crippen LogP contribution is 2.25. The molecule has 3 heteroatoms. The summed E-state index contributed by atoms with van der Waals surface area (Å²) in [4.78, 5) is 12.0. The Kier molecular flexibility index (Phi) is 9.94. The van der Waals surface area contributed by atoms with E-state index in [2.05, 4.69) is 33.0 Å². The van der Waals surface area contributed by atoms with E-state index < -0.39 is 0 Å². The minimum Gasteiger partial charge on any atom is -0.353 e. The summed E-state index contributed by atoms with van der Waals surface area (Å²) >= 11 is 0. The zero-order valence-electron chi connectivity index (χ0n) is 13.4. The number of amides is 1. The molecule has 0 aliphatic rings. The largest absolute Gasteiger partial charge is 0.353 e. The van der Waals surface area contributed by atoms with Crippen LogP contribution in [-0.4, -0.2) is 18.5 Å². The average Bonchev–Trinajstić information content (AvgIpc) is 2.34. The highest BCUT2D eigenvalue weighted by atomic mass is 16.1. The molecule has 0 rings (SSSR count). The Bertz CT molecular complexity index is 239. The number of nitrogens with one attached hydrogen (secondary N) is 1. The Morgan fingerprint density at radius 2 is 1.84 bits per heavy atom. The number of carbonyl (C=O) groups excluding carboxylic acids is 1. The lowest BCUT2D eigenvalue weighted by molar-refractivity contribution is -0.122. The van der Waals surface area contributed by atoms with Crippen molar-refractivity contribution in [3.8, 4) is 0 Å². The van der Waals surface area contributed by atoms with Gasteiger partial charge in [0.1, 0.15) is 0 Å². The van der Waals surface area contributed by atoms with Crippen LogP contribution in [0.2, 0.25) is 0 Å². The normalized spacial score (nSPS) is 13.3. The van der Waals surface area contributed by atoms with E-state index in [-0.39, 0.29) is 11.3 Å². The molecule has 1 atom stereocenters. The van der Waals surface area contributed by atoms with Crippen molar-refractivity contribution in [2.45, 2.75) is 85.1 Å². The van der Waals surface area contributed by atoms with E-state index in [0.29, 0.717) is 19.0 Å². The molecule has 0 spiro atoms. The van der Waals surface area contributed by atoms with Gasteiger partial charge in [0, 0.05) is 12.5 Å². The van der Waals surface area contributed by atoms with Crippen molar-refractivity contribution in [1.29, 1.82) is 0 Å². The predicted octanol–water partition coefficient (Wildman–Crippen LogP) is 3.62. The number of rotatable bonds is 11. The Hall–Kier alpha value is -0.570. The third-order valence-electron chi connectivity index (χ3n) is 3.76. The molecule has 0 aromatic heterocycles. The molecule has 0 radical (unpaired) electrons. The van der Waals surface area contributed by atoms with Gasteiger partial charge in [-0.05, 0) is 37.6 Å². The summed E-state index contributed by atoms with van der Waals surface area (Å²) in [6.45, 7) is 9.45. The Balaban J connectivity index is 4.04. The Labute approximate surface area is 119 Å². The molecule has 0 fully saturated rings. The zero-order chi connectivity index (χ0) is 14.7. The third-order valence-corrected chi connectivity index (χ3v) is 3.76. The molecule has 0 saturated heterocycles. The minimum atomic E-state index is 0.176. The minimum absolute atomic E-state index is 0.176. The second-order valence-corrected chi connectivity index (χ2v) is 6.40. The van der Waals surface area contributed by atoms with Gasteiger partial charge in [-0.15, -0.1) is 0 Å². The lowest BCUT2D eigenvalue weighted by Gasteiger charge is -2.24. The van der Waals surface area contributed by atoms with Crippen LogP contribution in [0, 0.1) is 5.41 Å². The molecule has 1 amide bonds. The summed E-state index contributed by atoms with van der Waals surface area (Å²) < 4.78 is 0. The first kappa shape index (κ1) is 18.4. The Morgan fingerprint density at radius 3 is 2.37 bits per heavy atom. The highest BCUT2D eigenvalue weighted by molar-refractivity contribution is 5.76. The van der Waals surface area contributed by atoms with Crippen LogP contribution < -0.4 is 11.1 Å². The molecule has 0 aliphatic carbocycles. The van der Waals surface area contributed by atoms with Crippen LogP contribution in [0.25, 0.3) is 0 Å². The second kappa shape index (κ2) is 10.2. The van der Waals surface area contributed by atoms with Gasteiger partial charge >= 0.3 is 0 Å². The maximum Gasteiger partial charge on any atom is 0.220 e. The van der Waals surface area contributed by atoms with Crippen molar-refractivity contribution in [3.63, 3.8) is 0 Å². The topological polar surface area (TPSA) is 55.1 Å². The van der Waals surface area contributed by atoms with E-state index in [1.165, 1.54) is 12.8 Å². The molecule has 0 bridgehead atoms. The van der Waals surface area contributed by atoms with Gasteiger partial charge in [0.2, 0.25) is 5.91 Å². The van der Waals surface area contributed by atoms with Crippen molar-refractivity contribution in [3.05, 3.63) is 0 Å². The summed E-state index contributed by atoms with van der Waals surface area (Å²) in [5.74, 6) is 0.208. The maximum absolute atomic E-state index is 12.0.